The first-order chi connectivity index (χ1) is 8.22. The van der Waals surface area contributed by atoms with E-state index in [-0.39, 0.29) is 0 Å². The number of hydrogen-bond acceptors (Lipinski definition) is 5. The Hall–Kier alpha value is -1.64. The lowest BCUT2D eigenvalue weighted by molar-refractivity contribution is -0.0543. The molecule has 0 unspecified atom stereocenters. The molecule has 2 heterocycles. The standard InChI is InChI=1S/C12H15N3O2/c13-8-10-2-1-3-11(15-10)14-9-12(16)4-6-17-7-5-12/h1-3,16H,4-7,9H2,(H,14,15). The Bertz CT molecular complexity index is 422. The number of hydrogen-bond donors (Lipinski definition) is 2. The molecule has 0 bridgehead atoms. The monoisotopic (exact) mass is 233 g/mol. The smallest absolute Gasteiger partial charge is 0.142 e. The van der Waals surface area contributed by atoms with Crippen LogP contribution in [0.3, 0.4) is 0 Å². The molecule has 1 aromatic heterocycles. The first-order valence-electron chi connectivity index (χ1n) is 5.63. The summed E-state index contributed by atoms with van der Waals surface area (Å²) in [6.45, 7) is 1.60. The van der Waals surface area contributed by atoms with Crippen LogP contribution in [0.25, 0.3) is 0 Å². The Morgan fingerprint density at radius 2 is 2.24 bits per heavy atom. The van der Waals surface area contributed by atoms with Gasteiger partial charge in [0, 0.05) is 32.6 Å². The Morgan fingerprint density at radius 3 is 2.94 bits per heavy atom. The number of pyridine rings is 1. The van der Waals surface area contributed by atoms with Gasteiger partial charge in [0.1, 0.15) is 17.6 Å². The molecule has 2 rings (SSSR count). The first-order valence-corrected chi connectivity index (χ1v) is 5.63. The molecule has 2 N–H and O–H groups in total. The second-order valence-electron chi connectivity index (χ2n) is 4.21. The van der Waals surface area contributed by atoms with Gasteiger partial charge >= 0.3 is 0 Å². The minimum atomic E-state index is -0.734. The van der Waals surface area contributed by atoms with Gasteiger partial charge in [-0.25, -0.2) is 4.98 Å². The van der Waals surface area contributed by atoms with Crippen molar-refractivity contribution in [1.29, 1.82) is 5.26 Å². The molecule has 1 aromatic rings. The largest absolute Gasteiger partial charge is 0.388 e. The third-order valence-electron chi connectivity index (χ3n) is 2.89. The van der Waals surface area contributed by atoms with Gasteiger partial charge in [-0.3, -0.25) is 0 Å². The molecular weight excluding hydrogens is 218 g/mol. The minimum absolute atomic E-state index is 0.369. The highest BCUT2D eigenvalue weighted by molar-refractivity contribution is 5.38. The van der Waals surface area contributed by atoms with E-state index in [0.717, 1.165) is 0 Å². The third-order valence-corrected chi connectivity index (χ3v) is 2.89. The molecule has 0 radical (unpaired) electrons. The lowest BCUT2D eigenvalue weighted by Gasteiger charge is -2.32. The van der Waals surface area contributed by atoms with Gasteiger partial charge in [-0.1, -0.05) is 6.07 Å². The van der Waals surface area contributed by atoms with E-state index < -0.39 is 5.60 Å². The van der Waals surface area contributed by atoms with E-state index >= 15 is 0 Å². The van der Waals surface area contributed by atoms with Gasteiger partial charge in [0.15, 0.2) is 0 Å². The number of nitrogens with zero attached hydrogens (tertiary/aromatic N) is 2. The molecular formula is C12H15N3O2. The second kappa shape index (κ2) is 5.13. The Morgan fingerprint density at radius 1 is 1.47 bits per heavy atom. The highest BCUT2D eigenvalue weighted by Gasteiger charge is 2.29. The molecule has 5 heteroatoms. The predicted octanol–water partition coefficient (Wildman–Crippen LogP) is 0.907. The lowest BCUT2D eigenvalue weighted by atomic mass is 9.94. The summed E-state index contributed by atoms with van der Waals surface area (Å²) in [7, 11) is 0. The van der Waals surface area contributed by atoms with Crippen LogP contribution in [0.1, 0.15) is 18.5 Å². The topological polar surface area (TPSA) is 78.2 Å². The summed E-state index contributed by atoms with van der Waals surface area (Å²) < 4.78 is 5.21. The van der Waals surface area contributed by atoms with Gasteiger partial charge in [-0.05, 0) is 12.1 Å². The zero-order chi connectivity index (χ0) is 12.1. The Labute approximate surface area is 100 Å². The number of nitriles is 1. The Kier molecular flexibility index (Phi) is 3.57. The highest BCUT2D eigenvalue weighted by Crippen LogP contribution is 2.20. The van der Waals surface area contributed by atoms with Crippen LogP contribution in [0.4, 0.5) is 5.82 Å². The van der Waals surface area contributed by atoms with E-state index in [9.17, 15) is 5.11 Å². The van der Waals surface area contributed by atoms with Gasteiger partial charge in [-0.2, -0.15) is 5.26 Å². The molecule has 0 saturated carbocycles. The van der Waals surface area contributed by atoms with Crippen LogP contribution in [0, 0.1) is 11.3 Å². The van der Waals surface area contributed by atoms with E-state index in [1.54, 1.807) is 18.2 Å². The van der Waals surface area contributed by atoms with Crippen molar-refractivity contribution in [2.45, 2.75) is 18.4 Å². The van der Waals surface area contributed by atoms with Crippen LogP contribution in [0.15, 0.2) is 18.2 Å². The van der Waals surface area contributed by atoms with Gasteiger partial charge in [0.2, 0.25) is 0 Å². The first kappa shape index (κ1) is 11.8. The molecule has 0 aliphatic carbocycles. The maximum atomic E-state index is 10.2. The van der Waals surface area contributed by atoms with Crippen LogP contribution in [-0.4, -0.2) is 35.5 Å². The normalized spacial score (nSPS) is 18.4. The van der Waals surface area contributed by atoms with E-state index in [1.165, 1.54) is 0 Å². The fourth-order valence-corrected chi connectivity index (χ4v) is 1.78. The zero-order valence-corrected chi connectivity index (χ0v) is 9.52. The molecule has 1 aliphatic rings. The summed E-state index contributed by atoms with van der Waals surface area (Å²) in [6, 6.07) is 7.18. The average molecular weight is 233 g/mol. The zero-order valence-electron chi connectivity index (χ0n) is 9.52. The number of nitrogens with one attached hydrogen (secondary N) is 1. The predicted molar refractivity (Wildman–Crippen MR) is 62.4 cm³/mol. The van der Waals surface area contributed by atoms with Gasteiger partial charge in [0.05, 0.1) is 5.60 Å². The number of aromatic nitrogens is 1. The molecule has 1 fully saturated rings. The molecule has 0 amide bonds. The summed E-state index contributed by atoms with van der Waals surface area (Å²) in [5.41, 5.74) is -0.364. The van der Waals surface area contributed by atoms with Crippen LogP contribution in [-0.2, 0) is 4.74 Å². The van der Waals surface area contributed by atoms with Crippen molar-refractivity contribution in [2.75, 3.05) is 25.1 Å². The fraction of sp³-hybridized carbons (Fsp3) is 0.500. The van der Waals surface area contributed by atoms with Crippen LogP contribution in [0.2, 0.25) is 0 Å². The van der Waals surface area contributed by atoms with Crippen LogP contribution in [0.5, 0.6) is 0 Å². The maximum Gasteiger partial charge on any atom is 0.142 e. The van der Waals surface area contributed by atoms with Crippen LogP contribution < -0.4 is 5.32 Å². The minimum Gasteiger partial charge on any atom is -0.388 e. The van der Waals surface area contributed by atoms with Crippen molar-refractivity contribution in [1.82, 2.24) is 4.98 Å². The van der Waals surface area contributed by atoms with Crippen molar-refractivity contribution >= 4 is 5.82 Å². The Balaban J connectivity index is 1.95. The SMILES string of the molecule is N#Cc1cccc(NCC2(O)CCOCC2)n1. The third kappa shape index (κ3) is 3.16. The van der Waals surface area contributed by atoms with Gasteiger partial charge in [-0.15, -0.1) is 0 Å². The molecule has 0 aromatic carbocycles. The number of ether oxygens (including phenoxy) is 1. The number of aliphatic hydroxyl groups is 1. The molecule has 17 heavy (non-hydrogen) atoms. The van der Waals surface area contributed by atoms with Crippen molar-refractivity contribution < 1.29 is 9.84 Å². The maximum absolute atomic E-state index is 10.2. The summed E-state index contributed by atoms with van der Waals surface area (Å²) in [6.07, 6.45) is 1.25. The fourth-order valence-electron chi connectivity index (χ4n) is 1.78. The van der Waals surface area contributed by atoms with E-state index in [0.29, 0.717) is 44.1 Å². The second-order valence-corrected chi connectivity index (χ2v) is 4.21. The molecule has 90 valence electrons. The van der Waals surface area contributed by atoms with E-state index in [1.807, 2.05) is 6.07 Å². The number of anilines is 1. The summed E-state index contributed by atoms with van der Waals surface area (Å²) in [4.78, 5) is 4.09. The summed E-state index contributed by atoms with van der Waals surface area (Å²) in [5.74, 6) is 0.615. The number of rotatable bonds is 3. The van der Waals surface area contributed by atoms with Crippen molar-refractivity contribution in [3.63, 3.8) is 0 Å². The molecule has 5 nitrogen and oxygen atoms in total. The van der Waals surface area contributed by atoms with Crippen LogP contribution >= 0.6 is 0 Å². The quantitative estimate of drug-likeness (QED) is 0.811. The molecule has 0 atom stereocenters. The van der Waals surface area contributed by atoms with E-state index in [4.69, 9.17) is 10.00 Å². The van der Waals surface area contributed by atoms with Crippen molar-refractivity contribution in [2.24, 2.45) is 0 Å². The van der Waals surface area contributed by atoms with Gasteiger partial charge in [0.25, 0.3) is 0 Å². The van der Waals surface area contributed by atoms with E-state index in [2.05, 4.69) is 10.3 Å². The summed E-state index contributed by atoms with van der Waals surface area (Å²) >= 11 is 0. The highest BCUT2D eigenvalue weighted by atomic mass is 16.5. The van der Waals surface area contributed by atoms with Crippen molar-refractivity contribution in [3.05, 3.63) is 23.9 Å². The molecule has 1 aliphatic heterocycles. The van der Waals surface area contributed by atoms with Crippen molar-refractivity contribution in [3.8, 4) is 6.07 Å². The summed E-state index contributed by atoms with van der Waals surface area (Å²) in [5, 5.41) is 22.0. The average Bonchev–Trinajstić information content (AvgIpc) is 2.38. The molecule has 1 saturated heterocycles. The lowest BCUT2D eigenvalue weighted by Crippen LogP contribution is -2.42. The van der Waals surface area contributed by atoms with Gasteiger partial charge < -0.3 is 15.2 Å². The molecule has 0 spiro atoms.